The molecule has 0 aliphatic rings. The summed E-state index contributed by atoms with van der Waals surface area (Å²) >= 11 is 0. The number of nitrogens with zero attached hydrogens (tertiary/aromatic N) is 3. The predicted molar refractivity (Wildman–Crippen MR) is 135 cm³/mol. The Morgan fingerprint density at radius 2 is 1.89 bits per heavy atom. The summed E-state index contributed by atoms with van der Waals surface area (Å²) in [7, 11) is 1.67. The number of methoxy groups -OCH3 is 1. The standard InChI is InChI=1S/C27H24N4O3.CH4/c1-18-7-3-4-10-23(18)24-12-11-21(16-22(24)17-33-2)27-30-25(31-34-27)19-8-5-9-20(15-19)26(32)29-14-6-13-28;/h3-5,7-12,15-16H,6,14,17H2,1-2H3,(H,29,32);1H4. The first-order valence-corrected chi connectivity index (χ1v) is 10.9. The maximum atomic E-state index is 12.3. The summed E-state index contributed by atoms with van der Waals surface area (Å²) in [5, 5.41) is 15.5. The highest BCUT2D eigenvalue weighted by atomic mass is 16.5. The average molecular weight is 469 g/mol. The van der Waals surface area contributed by atoms with Crippen LogP contribution in [-0.2, 0) is 11.3 Å². The quantitative estimate of drug-likeness (QED) is 0.328. The van der Waals surface area contributed by atoms with E-state index in [1.165, 1.54) is 5.56 Å². The van der Waals surface area contributed by atoms with Gasteiger partial charge in [-0.05, 0) is 53.4 Å². The fraction of sp³-hybridized carbons (Fsp3) is 0.214. The molecule has 1 heterocycles. The van der Waals surface area contributed by atoms with Crippen LogP contribution in [0.5, 0.6) is 0 Å². The number of carbonyl (C=O) groups is 1. The minimum absolute atomic E-state index is 0. The van der Waals surface area contributed by atoms with Crippen molar-refractivity contribution >= 4 is 5.91 Å². The summed E-state index contributed by atoms with van der Waals surface area (Å²) in [6, 6.07) is 23.2. The summed E-state index contributed by atoms with van der Waals surface area (Å²) in [4.78, 5) is 16.9. The maximum Gasteiger partial charge on any atom is 0.258 e. The van der Waals surface area contributed by atoms with E-state index in [1.54, 1.807) is 25.3 Å². The normalized spacial score (nSPS) is 10.3. The molecule has 4 aromatic rings. The maximum absolute atomic E-state index is 12.3. The number of nitriles is 1. The highest BCUT2D eigenvalue weighted by molar-refractivity contribution is 5.95. The van der Waals surface area contributed by atoms with Crippen LogP contribution in [0.1, 0.15) is 35.3 Å². The van der Waals surface area contributed by atoms with Crippen molar-refractivity contribution < 1.29 is 14.1 Å². The molecule has 3 aromatic carbocycles. The highest BCUT2D eigenvalue weighted by Crippen LogP contribution is 2.31. The van der Waals surface area contributed by atoms with Crippen molar-refractivity contribution in [2.45, 2.75) is 27.4 Å². The molecule has 7 heteroatoms. The SMILES string of the molecule is C.COCc1cc(-c2nc(-c3cccc(C(=O)NCCC#N)c3)no2)ccc1-c1ccccc1C. The van der Waals surface area contributed by atoms with Crippen molar-refractivity contribution in [3.8, 4) is 40.0 Å². The van der Waals surface area contributed by atoms with Crippen LogP contribution in [0.25, 0.3) is 34.0 Å². The lowest BCUT2D eigenvalue weighted by atomic mass is 9.94. The minimum Gasteiger partial charge on any atom is -0.380 e. The van der Waals surface area contributed by atoms with Crippen molar-refractivity contribution in [3.05, 3.63) is 83.4 Å². The Balaban J connectivity index is 0.00000342. The summed E-state index contributed by atoms with van der Waals surface area (Å²) in [6.45, 7) is 2.83. The number of ether oxygens (including phenoxy) is 1. The molecule has 4 rings (SSSR count). The zero-order valence-electron chi connectivity index (χ0n) is 19.0. The summed E-state index contributed by atoms with van der Waals surface area (Å²) in [6.07, 6.45) is 0.257. The van der Waals surface area contributed by atoms with Gasteiger partial charge in [-0.1, -0.05) is 55.0 Å². The Labute approximate surface area is 205 Å². The van der Waals surface area contributed by atoms with Gasteiger partial charge in [0, 0.05) is 30.3 Å². The number of hydrogen-bond acceptors (Lipinski definition) is 6. The molecule has 0 aliphatic heterocycles. The van der Waals surface area contributed by atoms with E-state index in [2.05, 4.69) is 34.5 Å². The Kier molecular flexibility index (Phi) is 8.49. The summed E-state index contributed by atoms with van der Waals surface area (Å²) in [5.41, 5.74) is 6.36. The van der Waals surface area contributed by atoms with Gasteiger partial charge in [0.1, 0.15) is 0 Å². The molecule has 0 aliphatic carbocycles. The number of rotatable bonds is 8. The monoisotopic (exact) mass is 468 g/mol. The van der Waals surface area contributed by atoms with Gasteiger partial charge in [-0.25, -0.2) is 0 Å². The third-order valence-corrected chi connectivity index (χ3v) is 5.42. The van der Waals surface area contributed by atoms with Gasteiger partial charge in [-0.3, -0.25) is 4.79 Å². The molecule has 1 N–H and O–H groups in total. The molecule has 1 amide bonds. The molecule has 0 atom stereocenters. The molecule has 7 nitrogen and oxygen atoms in total. The first-order valence-electron chi connectivity index (χ1n) is 10.9. The Morgan fingerprint density at radius 1 is 1.06 bits per heavy atom. The largest absolute Gasteiger partial charge is 0.380 e. The molecule has 1 aromatic heterocycles. The van der Waals surface area contributed by atoms with Crippen LogP contribution < -0.4 is 5.32 Å². The lowest BCUT2D eigenvalue weighted by Crippen LogP contribution is -2.24. The summed E-state index contributed by atoms with van der Waals surface area (Å²) in [5.74, 6) is 0.516. The van der Waals surface area contributed by atoms with Gasteiger partial charge >= 0.3 is 0 Å². The molecule has 35 heavy (non-hydrogen) atoms. The van der Waals surface area contributed by atoms with Crippen molar-refractivity contribution in [1.82, 2.24) is 15.5 Å². The van der Waals surface area contributed by atoms with Gasteiger partial charge in [-0.15, -0.1) is 0 Å². The predicted octanol–water partition coefficient (Wildman–Crippen LogP) is 5.81. The highest BCUT2D eigenvalue weighted by Gasteiger charge is 2.15. The smallest absolute Gasteiger partial charge is 0.258 e. The van der Waals surface area contributed by atoms with Gasteiger partial charge in [0.25, 0.3) is 11.8 Å². The van der Waals surface area contributed by atoms with Crippen LogP contribution >= 0.6 is 0 Å². The second-order valence-corrected chi connectivity index (χ2v) is 7.79. The van der Waals surface area contributed by atoms with Gasteiger partial charge in [0.15, 0.2) is 0 Å². The molecule has 0 bridgehead atoms. The van der Waals surface area contributed by atoms with Crippen molar-refractivity contribution in [2.24, 2.45) is 0 Å². The van der Waals surface area contributed by atoms with Gasteiger partial charge < -0.3 is 14.6 Å². The molecular formula is C28H28N4O3. The number of aromatic nitrogens is 2. The van der Waals surface area contributed by atoms with Crippen LogP contribution in [0, 0.1) is 18.3 Å². The van der Waals surface area contributed by atoms with E-state index in [-0.39, 0.29) is 19.8 Å². The topological polar surface area (TPSA) is 101 Å². The molecule has 0 fully saturated rings. The van der Waals surface area contributed by atoms with E-state index >= 15 is 0 Å². The van der Waals surface area contributed by atoms with Crippen molar-refractivity contribution in [2.75, 3.05) is 13.7 Å². The fourth-order valence-electron chi connectivity index (χ4n) is 3.73. The van der Waals surface area contributed by atoms with E-state index in [4.69, 9.17) is 14.5 Å². The Hall–Kier alpha value is -4.28. The lowest BCUT2D eigenvalue weighted by Gasteiger charge is -2.12. The number of carbonyl (C=O) groups excluding carboxylic acids is 1. The second-order valence-electron chi connectivity index (χ2n) is 7.79. The third kappa shape index (κ3) is 5.81. The van der Waals surface area contributed by atoms with Crippen LogP contribution in [0.4, 0.5) is 0 Å². The Bertz CT molecular complexity index is 1350. The zero-order chi connectivity index (χ0) is 23.9. The van der Waals surface area contributed by atoms with Gasteiger partial charge in [-0.2, -0.15) is 10.2 Å². The molecule has 0 unspecified atom stereocenters. The number of benzene rings is 3. The first-order chi connectivity index (χ1) is 16.6. The molecular weight excluding hydrogens is 440 g/mol. The minimum atomic E-state index is -0.253. The van der Waals surface area contributed by atoms with Gasteiger partial charge in [0.2, 0.25) is 5.82 Å². The number of amides is 1. The van der Waals surface area contributed by atoms with Crippen LogP contribution in [0.2, 0.25) is 0 Å². The van der Waals surface area contributed by atoms with Crippen LogP contribution in [-0.4, -0.2) is 29.7 Å². The van der Waals surface area contributed by atoms with Gasteiger partial charge in [0.05, 0.1) is 19.1 Å². The molecule has 178 valence electrons. The summed E-state index contributed by atoms with van der Waals surface area (Å²) < 4.78 is 11.0. The third-order valence-electron chi connectivity index (χ3n) is 5.42. The molecule has 0 spiro atoms. The van der Waals surface area contributed by atoms with E-state index in [0.29, 0.717) is 36.0 Å². The van der Waals surface area contributed by atoms with Crippen molar-refractivity contribution in [3.63, 3.8) is 0 Å². The second kappa shape index (κ2) is 11.7. The van der Waals surface area contributed by atoms with Crippen LogP contribution in [0.3, 0.4) is 0 Å². The average Bonchev–Trinajstić information content (AvgIpc) is 3.35. The van der Waals surface area contributed by atoms with E-state index in [1.807, 2.05) is 42.5 Å². The van der Waals surface area contributed by atoms with E-state index in [9.17, 15) is 4.79 Å². The van der Waals surface area contributed by atoms with E-state index < -0.39 is 0 Å². The zero-order valence-corrected chi connectivity index (χ0v) is 19.0. The van der Waals surface area contributed by atoms with E-state index in [0.717, 1.165) is 22.3 Å². The molecule has 0 radical (unpaired) electrons. The number of hydrogen-bond donors (Lipinski definition) is 1. The number of aryl methyl sites for hydroxylation is 1. The molecule has 0 saturated carbocycles. The Morgan fingerprint density at radius 3 is 2.66 bits per heavy atom. The lowest BCUT2D eigenvalue weighted by molar-refractivity contribution is 0.0954. The fourth-order valence-corrected chi connectivity index (χ4v) is 3.73. The van der Waals surface area contributed by atoms with Crippen LogP contribution in [0.15, 0.2) is 71.3 Å². The molecule has 0 saturated heterocycles. The first kappa shape index (κ1) is 25.3. The van der Waals surface area contributed by atoms with Crippen molar-refractivity contribution in [1.29, 1.82) is 5.26 Å². The number of nitrogens with one attached hydrogen (secondary N) is 1.